The van der Waals surface area contributed by atoms with Crippen molar-refractivity contribution in [1.29, 1.82) is 0 Å². The number of carboxylic acid groups (broad SMARTS) is 1. The maximum Gasteiger partial charge on any atom is 0.335 e. The number of aromatic carboxylic acids is 1. The number of aryl methyl sites for hydroxylation is 3. The molecule has 4 aliphatic rings. The van der Waals surface area contributed by atoms with Gasteiger partial charge in [-0.2, -0.15) is 0 Å². The number of halogens is 2. The number of piperazine rings is 1. The van der Waals surface area contributed by atoms with Gasteiger partial charge in [-0.3, -0.25) is 14.5 Å². The summed E-state index contributed by atoms with van der Waals surface area (Å²) in [6.07, 6.45) is 8.61. The number of allylic oxidation sites excluding steroid dienone is 1. The normalized spacial score (nSPS) is 17.8. The zero-order chi connectivity index (χ0) is 47.3. The van der Waals surface area contributed by atoms with Crippen LogP contribution in [0.4, 0.5) is 11.4 Å². The summed E-state index contributed by atoms with van der Waals surface area (Å²) in [7, 11) is 0. The fourth-order valence-corrected chi connectivity index (χ4v) is 12.6. The minimum absolute atomic E-state index is 0.296. The third kappa shape index (κ3) is 8.92. The van der Waals surface area contributed by atoms with Gasteiger partial charge in [-0.25, -0.2) is 9.78 Å². The zero-order valence-corrected chi connectivity index (χ0v) is 41.4. The highest BCUT2D eigenvalue weighted by molar-refractivity contribution is 7.15. The van der Waals surface area contributed by atoms with Gasteiger partial charge in [0.25, 0.3) is 0 Å². The van der Waals surface area contributed by atoms with Crippen molar-refractivity contribution >= 4 is 68.7 Å². The van der Waals surface area contributed by atoms with E-state index < -0.39 is 5.97 Å². The second kappa shape index (κ2) is 19.0. The maximum absolute atomic E-state index is 11.9. The molecule has 3 aromatic heterocycles. The van der Waals surface area contributed by atoms with Crippen LogP contribution in [-0.2, 0) is 12.8 Å². The Kier molecular flexibility index (Phi) is 12.5. The lowest BCUT2D eigenvalue weighted by Gasteiger charge is -2.40. The number of hydrogen-bond donors (Lipinski definition) is 1. The van der Waals surface area contributed by atoms with Crippen LogP contribution in [0.15, 0.2) is 107 Å². The van der Waals surface area contributed by atoms with Gasteiger partial charge in [-0.05, 0) is 146 Å². The van der Waals surface area contributed by atoms with Gasteiger partial charge in [0.2, 0.25) is 0 Å². The number of oxazole rings is 1. The Morgan fingerprint density at radius 1 is 0.812 bits per heavy atom. The Balaban J connectivity index is 0.735. The Labute approximate surface area is 416 Å². The molecule has 4 aromatic carbocycles. The van der Waals surface area contributed by atoms with Crippen molar-refractivity contribution in [2.24, 2.45) is 10.9 Å². The Hall–Kier alpha value is -6.05. The molecule has 0 amide bonds. The molecule has 0 bridgehead atoms. The first-order chi connectivity index (χ1) is 33.6. The standard InChI is InChI=1S/C55H54Cl2N8O3S/c1-33-34(2)69-54-50(33)52(59-48(31-49-58-21-28-68-49)53-61-60-35(3)65(53)54)38-9-15-43(16-10-38)64-26-24-62(25-27-64)32-36-19-22-63(23-20-36)42-13-7-37(8-14-42)51-44-17-11-40(55(66)67)29-39(44)5-4-6-46(51)45-18-12-41(56)30-47(45)57/h7-18,21,28-30,36,48H,4-6,19-20,22-27,31-32H2,1-3H3,(H,66,67)/t48-/m0/s1. The van der Waals surface area contributed by atoms with Gasteiger partial charge in [0.05, 0.1) is 23.9 Å². The fourth-order valence-electron chi connectivity index (χ4n) is 10.9. The highest BCUT2D eigenvalue weighted by atomic mass is 35.5. The second-order valence-corrected chi connectivity index (χ2v) is 20.9. The smallest absolute Gasteiger partial charge is 0.335 e. The molecular weight excluding hydrogens is 924 g/mol. The van der Waals surface area contributed by atoms with E-state index in [1.165, 1.54) is 21.8 Å². The van der Waals surface area contributed by atoms with Crippen LogP contribution in [0.25, 0.3) is 16.1 Å². The zero-order valence-electron chi connectivity index (χ0n) is 39.1. The van der Waals surface area contributed by atoms with E-state index in [4.69, 9.17) is 32.6 Å². The number of thiophene rings is 1. The number of carboxylic acids is 1. The Morgan fingerprint density at radius 3 is 2.22 bits per heavy atom. The number of rotatable bonds is 10. The molecule has 11 nitrogen and oxygen atoms in total. The largest absolute Gasteiger partial charge is 0.478 e. The average molecular weight is 978 g/mol. The van der Waals surface area contributed by atoms with Crippen LogP contribution in [-0.4, -0.2) is 87.2 Å². The molecule has 14 heteroatoms. The molecule has 2 saturated heterocycles. The molecule has 352 valence electrons. The van der Waals surface area contributed by atoms with E-state index in [0.29, 0.717) is 33.8 Å². The van der Waals surface area contributed by atoms with Crippen LogP contribution in [0, 0.1) is 26.7 Å². The molecule has 3 aliphatic heterocycles. The van der Waals surface area contributed by atoms with E-state index in [1.54, 1.807) is 35.9 Å². The third-order valence-electron chi connectivity index (χ3n) is 14.7. The number of aliphatic imine (C=N–C) groups is 1. The lowest BCUT2D eigenvalue weighted by Crippen LogP contribution is -2.49. The number of anilines is 2. The molecule has 0 unspecified atom stereocenters. The molecule has 69 heavy (non-hydrogen) atoms. The van der Waals surface area contributed by atoms with Gasteiger partial charge in [0.15, 0.2) is 11.7 Å². The highest BCUT2D eigenvalue weighted by Gasteiger charge is 2.33. The van der Waals surface area contributed by atoms with Crippen LogP contribution >= 0.6 is 34.5 Å². The summed E-state index contributed by atoms with van der Waals surface area (Å²) < 4.78 is 7.86. The predicted molar refractivity (Wildman–Crippen MR) is 277 cm³/mol. The van der Waals surface area contributed by atoms with Crippen molar-refractivity contribution in [3.8, 4) is 5.00 Å². The van der Waals surface area contributed by atoms with Crippen LogP contribution in [0.3, 0.4) is 0 Å². The van der Waals surface area contributed by atoms with Gasteiger partial charge < -0.3 is 19.3 Å². The van der Waals surface area contributed by atoms with E-state index in [-0.39, 0.29) is 6.04 Å². The van der Waals surface area contributed by atoms with Crippen molar-refractivity contribution < 1.29 is 14.3 Å². The molecule has 1 atom stereocenters. The summed E-state index contributed by atoms with van der Waals surface area (Å²) in [5.74, 6) is 2.04. The summed E-state index contributed by atoms with van der Waals surface area (Å²) in [4.78, 5) is 30.8. The number of piperidine rings is 1. The SMILES string of the molecule is Cc1sc2c(c1C)C(c1ccc(N3CCN(CC4CCN(c5ccc(C6=C(c7ccc(Cl)cc7Cl)CCCc7cc(C(=O)O)ccc76)cc5)CC4)CC3)cc1)=N[C@@H](Cc1ncco1)c1nnc(C)n1-2. The van der Waals surface area contributed by atoms with Crippen LogP contribution in [0.1, 0.15) is 103 Å². The van der Waals surface area contributed by atoms with E-state index in [1.807, 2.05) is 31.2 Å². The molecule has 6 heterocycles. The van der Waals surface area contributed by atoms with E-state index >= 15 is 0 Å². The maximum atomic E-state index is 11.9. The van der Waals surface area contributed by atoms with Crippen LogP contribution in [0.2, 0.25) is 10.0 Å². The van der Waals surface area contributed by atoms with Crippen molar-refractivity contribution in [3.05, 3.63) is 174 Å². The first-order valence-corrected chi connectivity index (χ1v) is 25.6. The minimum atomic E-state index is -0.911. The fraction of sp³-hybridized carbons (Fsp3) is 0.327. The van der Waals surface area contributed by atoms with Crippen molar-refractivity contribution in [1.82, 2.24) is 24.6 Å². The third-order valence-corrected chi connectivity index (χ3v) is 16.4. The number of benzene rings is 4. The van der Waals surface area contributed by atoms with Crippen molar-refractivity contribution in [2.75, 3.05) is 55.6 Å². The molecule has 1 aliphatic carbocycles. The quantitative estimate of drug-likeness (QED) is 0.143. The van der Waals surface area contributed by atoms with Gasteiger partial charge in [-0.15, -0.1) is 21.5 Å². The number of fused-ring (bicyclic) bond motifs is 4. The summed E-state index contributed by atoms with van der Waals surface area (Å²) in [6, 6.07) is 28.9. The Morgan fingerprint density at radius 2 is 1.52 bits per heavy atom. The van der Waals surface area contributed by atoms with Crippen LogP contribution in [0.5, 0.6) is 0 Å². The first kappa shape index (κ1) is 45.4. The van der Waals surface area contributed by atoms with Gasteiger partial charge >= 0.3 is 5.97 Å². The van der Waals surface area contributed by atoms with Crippen molar-refractivity contribution in [2.45, 2.75) is 65.3 Å². The van der Waals surface area contributed by atoms with Crippen molar-refractivity contribution in [3.63, 3.8) is 0 Å². The number of nitrogens with zero attached hydrogens (tertiary/aromatic N) is 8. The molecule has 0 spiro atoms. The van der Waals surface area contributed by atoms with E-state index in [9.17, 15) is 9.90 Å². The van der Waals surface area contributed by atoms with E-state index in [2.05, 4.69) is 96.8 Å². The molecule has 0 radical (unpaired) electrons. The minimum Gasteiger partial charge on any atom is -0.478 e. The monoisotopic (exact) mass is 976 g/mol. The van der Waals surface area contributed by atoms with Gasteiger partial charge in [0.1, 0.15) is 23.1 Å². The summed E-state index contributed by atoms with van der Waals surface area (Å²) in [5, 5.41) is 21.2. The molecule has 1 N–H and O–H groups in total. The predicted octanol–water partition coefficient (Wildman–Crippen LogP) is 11.7. The summed E-state index contributed by atoms with van der Waals surface area (Å²) in [5.41, 5.74) is 13.7. The van der Waals surface area contributed by atoms with Gasteiger partial charge in [-0.1, -0.05) is 59.6 Å². The molecule has 2 fully saturated rings. The highest BCUT2D eigenvalue weighted by Crippen LogP contribution is 2.44. The number of hydrogen-bond acceptors (Lipinski definition) is 10. The molecule has 0 saturated carbocycles. The lowest BCUT2D eigenvalue weighted by molar-refractivity contribution is 0.0696. The topological polar surface area (TPSA) is 116 Å². The Bertz CT molecular complexity index is 3110. The van der Waals surface area contributed by atoms with Crippen LogP contribution < -0.4 is 9.80 Å². The average Bonchev–Trinajstić information content (AvgIpc) is 4.03. The number of aromatic nitrogens is 4. The first-order valence-electron chi connectivity index (χ1n) is 24.0. The lowest BCUT2D eigenvalue weighted by atomic mass is 9.87. The summed E-state index contributed by atoms with van der Waals surface area (Å²) in [6.45, 7) is 13.7. The van der Waals surface area contributed by atoms with E-state index in [0.717, 1.165) is 145 Å². The van der Waals surface area contributed by atoms with Gasteiger partial charge in [0, 0.05) is 83.2 Å². The molecular formula is C55H54Cl2N8O3S. The summed E-state index contributed by atoms with van der Waals surface area (Å²) >= 11 is 15.0. The second-order valence-electron chi connectivity index (χ2n) is 18.8. The molecule has 11 rings (SSSR count). The number of carbonyl (C=O) groups is 1. The molecule has 7 aromatic rings.